The first-order chi connectivity index (χ1) is 12.7. The van der Waals surface area contributed by atoms with Crippen LogP contribution in [0.3, 0.4) is 0 Å². The van der Waals surface area contributed by atoms with E-state index in [0.717, 1.165) is 0 Å². The van der Waals surface area contributed by atoms with E-state index >= 15 is 0 Å². The summed E-state index contributed by atoms with van der Waals surface area (Å²) >= 11 is 0. The van der Waals surface area contributed by atoms with E-state index in [0.29, 0.717) is 11.4 Å². The van der Waals surface area contributed by atoms with Crippen molar-refractivity contribution in [2.75, 3.05) is 17.5 Å². The Kier molecular flexibility index (Phi) is 5.57. The molecule has 8 nitrogen and oxygen atoms in total. The summed E-state index contributed by atoms with van der Waals surface area (Å²) in [5.74, 6) is -0.737. The monoisotopic (exact) mass is 354 g/mol. The van der Waals surface area contributed by atoms with Crippen molar-refractivity contribution in [2.24, 2.45) is 10.2 Å². The number of nitrogens with zero attached hydrogens (tertiary/aromatic N) is 2. The van der Waals surface area contributed by atoms with Gasteiger partial charge in [-0.2, -0.15) is 10.2 Å². The number of hydrogen-bond acceptors (Lipinski definition) is 8. The second kappa shape index (κ2) is 8.24. The van der Waals surface area contributed by atoms with E-state index in [1.807, 2.05) is 36.4 Å². The lowest BCUT2D eigenvalue weighted by Crippen LogP contribution is -2.36. The largest absolute Gasteiger partial charge is 0.448 e. The molecule has 0 unspecified atom stereocenters. The van der Waals surface area contributed by atoms with E-state index in [1.54, 1.807) is 24.3 Å². The summed E-state index contributed by atoms with van der Waals surface area (Å²) in [5, 5.41) is 27.4. The highest BCUT2D eigenvalue weighted by Crippen LogP contribution is 2.16. The van der Waals surface area contributed by atoms with Gasteiger partial charge in [0.2, 0.25) is 0 Å². The quantitative estimate of drug-likeness (QED) is 0.458. The third-order valence-corrected chi connectivity index (χ3v) is 3.63. The van der Waals surface area contributed by atoms with Crippen LogP contribution in [0.5, 0.6) is 0 Å². The number of benzene rings is 2. The standard InChI is InChI=1S/C18H18N4O4/c23-11-14(24)17-15(21-19-12-7-3-1-4-8-12)16(18(25)26-17)22-20-13-9-5-2-6-10-13/h1-10,14,17,19-20,23-24H,11H2/b21-15-,22-16-/t14-,17-/m1/s1. The number of hydrogen-bond donors (Lipinski definition) is 4. The van der Waals surface area contributed by atoms with Gasteiger partial charge in [0.05, 0.1) is 18.0 Å². The number of esters is 1. The van der Waals surface area contributed by atoms with E-state index in [1.165, 1.54) is 0 Å². The van der Waals surface area contributed by atoms with Gasteiger partial charge in [0.25, 0.3) is 0 Å². The van der Waals surface area contributed by atoms with Crippen molar-refractivity contribution in [3.05, 3.63) is 60.7 Å². The predicted molar refractivity (Wildman–Crippen MR) is 98.0 cm³/mol. The molecule has 26 heavy (non-hydrogen) atoms. The number of aliphatic hydroxyl groups is 2. The van der Waals surface area contributed by atoms with Crippen molar-refractivity contribution in [3.8, 4) is 0 Å². The van der Waals surface area contributed by atoms with Gasteiger partial charge < -0.3 is 14.9 Å². The molecular weight excluding hydrogens is 336 g/mol. The molecule has 0 amide bonds. The zero-order chi connectivity index (χ0) is 18.4. The number of aliphatic hydroxyl groups excluding tert-OH is 2. The van der Waals surface area contributed by atoms with Crippen LogP contribution in [0.25, 0.3) is 0 Å². The Morgan fingerprint density at radius 3 is 2.04 bits per heavy atom. The summed E-state index contributed by atoms with van der Waals surface area (Å²) in [7, 11) is 0. The topological polar surface area (TPSA) is 116 Å². The van der Waals surface area contributed by atoms with Crippen LogP contribution in [0.4, 0.5) is 11.4 Å². The highest BCUT2D eigenvalue weighted by atomic mass is 16.6. The Balaban J connectivity index is 1.88. The minimum Gasteiger partial charge on any atom is -0.448 e. The first-order valence-corrected chi connectivity index (χ1v) is 7.96. The molecule has 4 N–H and O–H groups in total. The molecule has 1 aliphatic rings. The van der Waals surface area contributed by atoms with Crippen LogP contribution in [0.15, 0.2) is 70.9 Å². The predicted octanol–water partition coefficient (Wildman–Crippen LogP) is 1.20. The Labute approximate surface area is 149 Å². The zero-order valence-corrected chi connectivity index (χ0v) is 13.7. The molecule has 1 aliphatic heterocycles. The molecule has 0 saturated carbocycles. The Morgan fingerprint density at radius 2 is 1.50 bits per heavy atom. The van der Waals surface area contributed by atoms with Crippen LogP contribution in [-0.2, 0) is 9.53 Å². The van der Waals surface area contributed by atoms with Gasteiger partial charge in [-0.1, -0.05) is 36.4 Å². The second-order valence-electron chi connectivity index (χ2n) is 5.49. The highest BCUT2D eigenvalue weighted by Gasteiger charge is 2.42. The van der Waals surface area contributed by atoms with Crippen LogP contribution >= 0.6 is 0 Å². The first-order valence-electron chi connectivity index (χ1n) is 7.96. The average Bonchev–Trinajstić information content (AvgIpc) is 3.01. The molecule has 2 aromatic carbocycles. The minimum atomic E-state index is -1.31. The van der Waals surface area contributed by atoms with Gasteiger partial charge in [0.15, 0.2) is 11.8 Å². The maximum absolute atomic E-state index is 12.2. The number of nitrogens with one attached hydrogen (secondary N) is 2. The summed E-state index contributed by atoms with van der Waals surface area (Å²) < 4.78 is 5.13. The van der Waals surface area contributed by atoms with Gasteiger partial charge in [-0.15, -0.1) is 0 Å². The van der Waals surface area contributed by atoms with Crippen molar-refractivity contribution < 1.29 is 19.7 Å². The smallest absolute Gasteiger partial charge is 0.361 e. The molecule has 1 fully saturated rings. The van der Waals surface area contributed by atoms with E-state index in [-0.39, 0.29) is 11.4 Å². The van der Waals surface area contributed by atoms with Gasteiger partial charge in [-0.3, -0.25) is 10.9 Å². The lowest BCUT2D eigenvalue weighted by Gasteiger charge is -2.14. The summed E-state index contributed by atoms with van der Waals surface area (Å²) in [5.41, 5.74) is 6.94. The fourth-order valence-corrected chi connectivity index (χ4v) is 2.31. The van der Waals surface area contributed by atoms with Crippen LogP contribution in [0.2, 0.25) is 0 Å². The summed E-state index contributed by atoms with van der Waals surface area (Å²) in [6, 6.07) is 18.1. The van der Waals surface area contributed by atoms with Gasteiger partial charge in [-0.05, 0) is 24.3 Å². The Morgan fingerprint density at radius 1 is 0.962 bits per heavy atom. The normalized spacial score (nSPS) is 20.8. The lowest BCUT2D eigenvalue weighted by molar-refractivity contribution is -0.140. The van der Waals surface area contributed by atoms with Crippen LogP contribution in [0, 0.1) is 0 Å². The molecule has 134 valence electrons. The molecule has 3 rings (SSSR count). The summed E-state index contributed by atoms with van der Waals surface area (Å²) in [4.78, 5) is 12.2. The van der Waals surface area contributed by atoms with Crippen molar-refractivity contribution >= 4 is 28.8 Å². The van der Waals surface area contributed by atoms with Crippen molar-refractivity contribution in [1.82, 2.24) is 0 Å². The SMILES string of the molecule is O=C1O[C@H]([C@H](O)CO)C(=N\Nc2ccccc2)/C1=N/Nc1ccccc1. The van der Waals surface area contributed by atoms with Crippen LogP contribution < -0.4 is 10.9 Å². The van der Waals surface area contributed by atoms with E-state index in [2.05, 4.69) is 21.1 Å². The second-order valence-corrected chi connectivity index (χ2v) is 5.49. The molecule has 2 atom stereocenters. The van der Waals surface area contributed by atoms with E-state index in [4.69, 9.17) is 4.74 Å². The molecule has 2 aromatic rings. The first kappa shape index (κ1) is 17.6. The lowest BCUT2D eigenvalue weighted by atomic mass is 10.1. The minimum absolute atomic E-state index is 0.0743. The van der Waals surface area contributed by atoms with E-state index in [9.17, 15) is 15.0 Å². The van der Waals surface area contributed by atoms with Gasteiger partial charge in [0, 0.05) is 0 Å². The molecule has 0 bridgehead atoms. The third kappa shape index (κ3) is 4.05. The van der Waals surface area contributed by atoms with Crippen LogP contribution in [0.1, 0.15) is 0 Å². The fourth-order valence-electron chi connectivity index (χ4n) is 2.31. The molecule has 1 saturated heterocycles. The number of cyclic esters (lactones) is 1. The highest BCUT2D eigenvalue weighted by molar-refractivity contribution is 6.69. The molecular formula is C18H18N4O4. The number of hydrazone groups is 2. The van der Waals surface area contributed by atoms with Crippen molar-refractivity contribution in [1.29, 1.82) is 0 Å². The average molecular weight is 354 g/mol. The van der Waals surface area contributed by atoms with Gasteiger partial charge >= 0.3 is 5.97 Å². The molecule has 0 radical (unpaired) electrons. The number of anilines is 2. The van der Waals surface area contributed by atoms with Crippen molar-refractivity contribution in [3.63, 3.8) is 0 Å². The molecule has 0 spiro atoms. The van der Waals surface area contributed by atoms with Gasteiger partial charge in [-0.25, -0.2) is 4.79 Å². The Hall–Kier alpha value is -3.23. The third-order valence-electron chi connectivity index (χ3n) is 3.63. The summed E-state index contributed by atoms with van der Waals surface area (Å²) in [6.45, 7) is -0.582. The van der Waals surface area contributed by atoms with Crippen LogP contribution in [-0.4, -0.2) is 46.4 Å². The van der Waals surface area contributed by atoms with Crippen molar-refractivity contribution in [2.45, 2.75) is 12.2 Å². The number of carbonyl (C=O) groups is 1. The Bertz CT molecular complexity index is 808. The molecule has 8 heteroatoms. The molecule has 0 aliphatic carbocycles. The summed E-state index contributed by atoms with van der Waals surface area (Å²) in [6.07, 6.45) is -2.42. The zero-order valence-electron chi connectivity index (χ0n) is 13.7. The van der Waals surface area contributed by atoms with Gasteiger partial charge in [0.1, 0.15) is 11.8 Å². The fraction of sp³-hybridized carbons (Fsp3) is 0.167. The number of rotatable bonds is 6. The maximum atomic E-state index is 12.2. The number of para-hydroxylation sites is 2. The van der Waals surface area contributed by atoms with E-state index < -0.39 is 24.8 Å². The number of carbonyl (C=O) groups excluding carboxylic acids is 1. The number of ether oxygens (including phenoxy) is 1. The molecule has 1 heterocycles. The maximum Gasteiger partial charge on any atom is 0.361 e. The molecule has 0 aromatic heterocycles.